The molecule has 4 rings (SSSR count). The van der Waals surface area contributed by atoms with Gasteiger partial charge in [0.2, 0.25) is 0 Å². The Morgan fingerprint density at radius 3 is 2.50 bits per heavy atom. The molecule has 0 aromatic heterocycles. The third-order valence-electron chi connectivity index (χ3n) is 6.91. The molecule has 1 heterocycles. The Balaban J connectivity index is 1.49. The van der Waals surface area contributed by atoms with Crippen LogP contribution in [0.5, 0.6) is 5.75 Å². The van der Waals surface area contributed by atoms with Crippen LogP contribution in [0, 0.1) is 12.7 Å². The zero-order chi connectivity index (χ0) is 25.7. The summed E-state index contributed by atoms with van der Waals surface area (Å²) in [5.74, 6) is 0.676. The summed E-state index contributed by atoms with van der Waals surface area (Å²) >= 11 is 0. The van der Waals surface area contributed by atoms with Gasteiger partial charge in [0.15, 0.2) is 0 Å². The molecular formula is C31H39FN2O2. The standard InChI is InChI=1S/C31H39FN2O2/c1-5-7-23-11-12-26(20-29(23)32)33-21-25-10-9-24-8-6-18-34(30(24)22(25)2)27-13-15-28(16-14-27)36-19-17-31(3,4)35/h9-16,20,33,35H,5-8,17-19,21H2,1-4H3. The van der Waals surface area contributed by atoms with Gasteiger partial charge in [-0.15, -0.1) is 0 Å². The summed E-state index contributed by atoms with van der Waals surface area (Å²) in [5.41, 5.74) is 7.11. The fourth-order valence-corrected chi connectivity index (χ4v) is 4.83. The van der Waals surface area contributed by atoms with Crippen LogP contribution in [0.3, 0.4) is 0 Å². The van der Waals surface area contributed by atoms with Gasteiger partial charge >= 0.3 is 0 Å². The van der Waals surface area contributed by atoms with Crippen LogP contribution in [0.2, 0.25) is 0 Å². The topological polar surface area (TPSA) is 44.7 Å². The normalized spacial score (nSPS) is 13.4. The van der Waals surface area contributed by atoms with Gasteiger partial charge in [-0.2, -0.15) is 0 Å². The van der Waals surface area contributed by atoms with Crippen molar-refractivity contribution in [2.75, 3.05) is 23.4 Å². The molecule has 0 aliphatic carbocycles. The van der Waals surface area contributed by atoms with E-state index in [0.717, 1.165) is 54.9 Å². The summed E-state index contributed by atoms with van der Waals surface area (Å²) < 4.78 is 20.2. The molecule has 1 aliphatic rings. The average Bonchev–Trinajstić information content (AvgIpc) is 2.85. The number of hydrogen-bond acceptors (Lipinski definition) is 4. The van der Waals surface area contributed by atoms with Crippen molar-refractivity contribution in [1.82, 2.24) is 0 Å². The Bertz CT molecular complexity index is 1170. The van der Waals surface area contributed by atoms with Gasteiger partial charge in [0.25, 0.3) is 0 Å². The molecule has 0 saturated carbocycles. The van der Waals surface area contributed by atoms with Crippen molar-refractivity contribution in [3.63, 3.8) is 0 Å². The van der Waals surface area contributed by atoms with Gasteiger partial charge in [-0.05, 0) is 98.7 Å². The zero-order valence-corrected chi connectivity index (χ0v) is 22.0. The number of benzene rings is 3. The number of nitrogens with zero attached hydrogens (tertiary/aromatic N) is 1. The SMILES string of the molecule is CCCc1ccc(NCc2ccc3c(c2C)N(c2ccc(OCCC(C)(C)O)cc2)CCC3)cc1F. The minimum Gasteiger partial charge on any atom is -0.493 e. The molecule has 3 aromatic rings. The lowest BCUT2D eigenvalue weighted by Crippen LogP contribution is -2.26. The van der Waals surface area contributed by atoms with Crippen LogP contribution in [0.1, 0.15) is 62.3 Å². The van der Waals surface area contributed by atoms with Gasteiger partial charge in [0.05, 0.1) is 12.2 Å². The van der Waals surface area contributed by atoms with E-state index in [9.17, 15) is 9.50 Å². The minimum atomic E-state index is -0.728. The molecule has 2 N–H and O–H groups in total. The van der Waals surface area contributed by atoms with Crippen molar-refractivity contribution >= 4 is 17.1 Å². The zero-order valence-electron chi connectivity index (χ0n) is 22.0. The van der Waals surface area contributed by atoms with E-state index in [1.807, 2.05) is 24.3 Å². The monoisotopic (exact) mass is 490 g/mol. The van der Waals surface area contributed by atoms with Gasteiger partial charge < -0.3 is 20.1 Å². The molecule has 0 bridgehead atoms. The van der Waals surface area contributed by atoms with Crippen molar-refractivity contribution in [1.29, 1.82) is 0 Å². The molecule has 5 heteroatoms. The van der Waals surface area contributed by atoms with Gasteiger partial charge in [-0.3, -0.25) is 0 Å². The molecule has 0 atom stereocenters. The molecule has 0 spiro atoms. The highest BCUT2D eigenvalue weighted by Crippen LogP contribution is 2.38. The van der Waals surface area contributed by atoms with Crippen LogP contribution in [0.4, 0.5) is 21.5 Å². The highest BCUT2D eigenvalue weighted by molar-refractivity contribution is 5.72. The molecule has 36 heavy (non-hydrogen) atoms. The maximum Gasteiger partial charge on any atom is 0.128 e. The first-order valence-corrected chi connectivity index (χ1v) is 13.1. The summed E-state index contributed by atoms with van der Waals surface area (Å²) in [7, 11) is 0. The molecule has 0 unspecified atom stereocenters. The predicted octanol–water partition coefficient (Wildman–Crippen LogP) is 7.32. The van der Waals surface area contributed by atoms with Crippen LogP contribution in [-0.2, 0) is 19.4 Å². The number of rotatable bonds is 10. The number of ether oxygens (including phenoxy) is 1. The molecule has 1 aliphatic heterocycles. The van der Waals surface area contributed by atoms with Crippen molar-refractivity contribution in [2.24, 2.45) is 0 Å². The summed E-state index contributed by atoms with van der Waals surface area (Å²) in [5, 5.41) is 13.3. The van der Waals surface area contributed by atoms with Gasteiger partial charge in [0, 0.05) is 36.6 Å². The van der Waals surface area contributed by atoms with E-state index < -0.39 is 5.60 Å². The van der Waals surface area contributed by atoms with Crippen LogP contribution in [0.15, 0.2) is 54.6 Å². The fraction of sp³-hybridized carbons (Fsp3) is 0.419. The molecule has 4 nitrogen and oxygen atoms in total. The number of fused-ring (bicyclic) bond motifs is 1. The Morgan fingerprint density at radius 2 is 1.81 bits per heavy atom. The maximum atomic E-state index is 14.4. The van der Waals surface area contributed by atoms with Crippen LogP contribution >= 0.6 is 0 Å². The summed E-state index contributed by atoms with van der Waals surface area (Å²) in [4.78, 5) is 2.40. The van der Waals surface area contributed by atoms with Gasteiger partial charge in [-0.1, -0.05) is 31.5 Å². The second-order valence-corrected chi connectivity index (χ2v) is 10.4. The summed E-state index contributed by atoms with van der Waals surface area (Å²) in [6.45, 7) is 9.93. The lowest BCUT2D eigenvalue weighted by Gasteiger charge is -2.34. The van der Waals surface area contributed by atoms with E-state index in [1.54, 1.807) is 19.9 Å². The number of anilines is 3. The Morgan fingerprint density at radius 1 is 1.06 bits per heavy atom. The molecule has 3 aromatic carbocycles. The van der Waals surface area contributed by atoms with Crippen molar-refractivity contribution in [3.05, 3.63) is 82.7 Å². The second kappa shape index (κ2) is 11.3. The number of hydrogen-bond donors (Lipinski definition) is 2. The smallest absolute Gasteiger partial charge is 0.128 e. The Hall–Kier alpha value is -3.05. The first-order valence-electron chi connectivity index (χ1n) is 13.1. The lowest BCUT2D eigenvalue weighted by molar-refractivity contribution is 0.0553. The first-order chi connectivity index (χ1) is 17.2. The molecule has 0 amide bonds. The number of halogens is 1. The average molecular weight is 491 g/mol. The first kappa shape index (κ1) is 26.0. The number of aryl methyl sites for hydroxylation is 2. The third kappa shape index (κ3) is 6.38. The van der Waals surface area contributed by atoms with Crippen molar-refractivity contribution < 1.29 is 14.2 Å². The number of aliphatic hydroxyl groups is 1. The van der Waals surface area contributed by atoms with Crippen LogP contribution in [-0.4, -0.2) is 23.9 Å². The second-order valence-electron chi connectivity index (χ2n) is 10.4. The van der Waals surface area contributed by atoms with E-state index in [4.69, 9.17) is 4.74 Å². The van der Waals surface area contributed by atoms with Gasteiger partial charge in [-0.25, -0.2) is 4.39 Å². The predicted molar refractivity (Wildman–Crippen MR) is 147 cm³/mol. The minimum absolute atomic E-state index is 0.136. The van der Waals surface area contributed by atoms with Crippen LogP contribution < -0.4 is 15.0 Å². The van der Waals surface area contributed by atoms with Crippen LogP contribution in [0.25, 0.3) is 0 Å². The van der Waals surface area contributed by atoms with Crippen molar-refractivity contribution in [2.45, 2.75) is 71.9 Å². The molecule has 192 valence electrons. The van der Waals surface area contributed by atoms with E-state index in [1.165, 1.54) is 22.4 Å². The highest BCUT2D eigenvalue weighted by atomic mass is 19.1. The van der Waals surface area contributed by atoms with E-state index >= 15 is 0 Å². The quantitative estimate of drug-likeness (QED) is 0.312. The Kier molecular flexibility index (Phi) is 8.20. The highest BCUT2D eigenvalue weighted by Gasteiger charge is 2.22. The van der Waals surface area contributed by atoms with Crippen molar-refractivity contribution in [3.8, 4) is 5.75 Å². The van der Waals surface area contributed by atoms with E-state index in [-0.39, 0.29) is 5.82 Å². The lowest BCUT2D eigenvalue weighted by atomic mass is 9.94. The number of nitrogens with one attached hydrogen (secondary N) is 1. The fourth-order valence-electron chi connectivity index (χ4n) is 4.83. The summed E-state index contributed by atoms with van der Waals surface area (Å²) in [6.07, 6.45) is 4.46. The summed E-state index contributed by atoms with van der Waals surface area (Å²) in [6, 6.07) is 18.1. The molecule has 0 saturated heterocycles. The van der Waals surface area contributed by atoms with E-state index in [0.29, 0.717) is 19.6 Å². The maximum absolute atomic E-state index is 14.4. The third-order valence-corrected chi connectivity index (χ3v) is 6.91. The van der Waals surface area contributed by atoms with E-state index in [2.05, 4.69) is 48.3 Å². The largest absolute Gasteiger partial charge is 0.493 e. The Labute approximate surface area is 215 Å². The van der Waals surface area contributed by atoms with Gasteiger partial charge in [0.1, 0.15) is 11.6 Å². The molecule has 0 radical (unpaired) electrons. The molecular weight excluding hydrogens is 451 g/mol. The molecule has 0 fully saturated rings.